The van der Waals surface area contributed by atoms with E-state index >= 15 is 0 Å². The Morgan fingerprint density at radius 1 is 0.611 bits per heavy atom. The van der Waals surface area contributed by atoms with Crippen LogP contribution in [0.1, 0.15) is 16.7 Å². The number of hydrogen-bond donors (Lipinski definition) is 0. The molecular weight excluding hydrogens is 489 g/mol. The second kappa shape index (κ2) is 11.3. The van der Waals surface area contributed by atoms with Crippen LogP contribution in [0.25, 0.3) is 10.8 Å². The average molecular weight is 521 g/mol. The highest BCUT2D eigenvalue weighted by atomic mass is 35.5. The Kier molecular flexibility index (Phi) is 8.20. The van der Waals surface area contributed by atoms with Crippen LogP contribution in [0.3, 0.4) is 0 Å². The number of amides is 1. The molecule has 1 saturated heterocycles. The molecule has 2 aliphatic rings. The maximum Gasteiger partial charge on any atom is 0.231 e. The normalized spacial score (nSPS) is 15.4. The Bertz CT molecular complexity index is 1330. The van der Waals surface area contributed by atoms with E-state index in [1.165, 1.54) is 27.6 Å². The fraction of sp³-hybridized carbons (Fsp3) is 0.233. The number of halogens is 2. The van der Waals surface area contributed by atoms with Crippen LogP contribution in [0.4, 0.5) is 11.4 Å². The van der Waals surface area contributed by atoms with Gasteiger partial charge >= 0.3 is 0 Å². The molecular formula is C30H31Cl2N3O. The summed E-state index contributed by atoms with van der Waals surface area (Å²) in [6, 6.07) is 32.2. The molecule has 1 fully saturated rings. The van der Waals surface area contributed by atoms with E-state index in [-0.39, 0.29) is 30.7 Å². The minimum atomic E-state index is 0. The van der Waals surface area contributed by atoms with Gasteiger partial charge < -0.3 is 9.80 Å². The minimum Gasteiger partial charge on any atom is -0.368 e. The molecule has 4 aromatic rings. The van der Waals surface area contributed by atoms with Crippen molar-refractivity contribution >= 4 is 52.9 Å². The van der Waals surface area contributed by atoms with Gasteiger partial charge in [0.05, 0.1) is 13.0 Å². The second-order valence-electron chi connectivity index (χ2n) is 9.36. The predicted octanol–water partition coefficient (Wildman–Crippen LogP) is 6.09. The summed E-state index contributed by atoms with van der Waals surface area (Å²) in [6.45, 7) is 5.81. The summed E-state index contributed by atoms with van der Waals surface area (Å²) in [5, 5.41) is 2.65. The van der Waals surface area contributed by atoms with Crippen LogP contribution in [0.15, 0.2) is 91.0 Å². The summed E-state index contributed by atoms with van der Waals surface area (Å²) in [5.74, 6) is 0.189. The lowest BCUT2D eigenvalue weighted by molar-refractivity contribution is -0.117. The molecule has 0 atom stereocenters. The van der Waals surface area contributed by atoms with Crippen LogP contribution in [0.2, 0.25) is 0 Å². The van der Waals surface area contributed by atoms with Crippen LogP contribution in [0, 0.1) is 0 Å². The summed E-state index contributed by atoms with van der Waals surface area (Å²) in [7, 11) is 0. The maximum absolute atomic E-state index is 12.5. The predicted molar refractivity (Wildman–Crippen MR) is 154 cm³/mol. The number of para-hydroxylation sites is 1. The number of fused-ring (bicyclic) bond motifs is 2. The molecule has 0 saturated carbocycles. The Morgan fingerprint density at radius 3 is 2.00 bits per heavy atom. The zero-order chi connectivity index (χ0) is 22.9. The third kappa shape index (κ3) is 5.22. The summed E-state index contributed by atoms with van der Waals surface area (Å²) >= 11 is 0. The van der Waals surface area contributed by atoms with E-state index in [4.69, 9.17) is 0 Å². The van der Waals surface area contributed by atoms with Crippen LogP contribution in [-0.4, -0.2) is 37.0 Å². The second-order valence-corrected chi connectivity index (χ2v) is 9.36. The summed E-state index contributed by atoms with van der Waals surface area (Å²) in [4.78, 5) is 19.5. The lowest BCUT2D eigenvalue weighted by Crippen LogP contribution is -2.46. The van der Waals surface area contributed by atoms with Gasteiger partial charge in [-0.2, -0.15) is 0 Å². The highest BCUT2D eigenvalue weighted by molar-refractivity contribution is 6.01. The first kappa shape index (κ1) is 26.0. The van der Waals surface area contributed by atoms with Gasteiger partial charge in [-0.15, -0.1) is 24.8 Å². The van der Waals surface area contributed by atoms with Crippen molar-refractivity contribution < 1.29 is 4.79 Å². The number of benzene rings is 4. The summed E-state index contributed by atoms with van der Waals surface area (Å²) in [5.41, 5.74) is 6.04. The van der Waals surface area contributed by atoms with Crippen molar-refractivity contribution in [3.05, 3.63) is 108 Å². The molecule has 1 amide bonds. The van der Waals surface area contributed by atoms with Crippen LogP contribution in [-0.2, 0) is 24.3 Å². The molecule has 6 rings (SSSR count). The Balaban J connectivity index is 0.00000152. The molecule has 0 unspecified atom stereocenters. The molecule has 0 N–H and O–H groups in total. The molecule has 0 aromatic heterocycles. The smallest absolute Gasteiger partial charge is 0.231 e. The highest BCUT2D eigenvalue weighted by Gasteiger charge is 2.26. The summed E-state index contributed by atoms with van der Waals surface area (Å²) in [6.07, 6.45) is 0.513. The van der Waals surface area contributed by atoms with E-state index in [2.05, 4.69) is 82.6 Å². The Morgan fingerprint density at radius 2 is 1.22 bits per heavy atom. The van der Waals surface area contributed by atoms with E-state index in [0.717, 1.165) is 44.0 Å². The number of nitrogens with zero attached hydrogens (tertiary/aromatic N) is 3. The molecule has 36 heavy (non-hydrogen) atoms. The van der Waals surface area contributed by atoms with Crippen molar-refractivity contribution in [1.82, 2.24) is 4.90 Å². The van der Waals surface area contributed by atoms with Crippen LogP contribution >= 0.6 is 24.8 Å². The standard InChI is InChI=1S/C30H29N3O.2ClH/c34-30-20-26-7-2-4-10-28(26)33(30)22-24-14-12-23(13-15-24)21-31-16-18-32(19-17-31)29-11-5-8-25-6-1-3-9-27(25)29;;/h1-15H,16-22H2;2*1H. The van der Waals surface area contributed by atoms with E-state index < -0.39 is 0 Å². The van der Waals surface area contributed by atoms with Crippen molar-refractivity contribution in [2.75, 3.05) is 36.0 Å². The summed E-state index contributed by atoms with van der Waals surface area (Å²) < 4.78 is 0. The number of anilines is 2. The first-order chi connectivity index (χ1) is 16.7. The van der Waals surface area contributed by atoms with Crippen LogP contribution in [0.5, 0.6) is 0 Å². The number of rotatable bonds is 5. The quantitative estimate of drug-likeness (QED) is 0.319. The molecule has 4 nitrogen and oxygen atoms in total. The molecule has 0 spiro atoms. The molecule has 0 bridgehead atoms. The van der Waals surface area contributed by atoms with E-state index in [0.29, 0.717) is 13.0 Å². The van der Waals surface area contributed by atoms with Crippen molar-refractivity contribution in [2.24, 2.45) is 0 Å². The van der Waals surface area contributed by atoms with Gasteiger partial charge in [-0.25, -0.2) is 0 Å². The topological polar surface area (TPSA) is 26.8 Å². The van der Waals surface area contributed by atoms with Gasteiger partial charge in [-0.05, 0) is 34.2 Å². The third-order valence-electron chi connectivity index (χ3n) is 7.17. The Labute approximate surface area is 225 Å². The molecule has 0 radical (unpaired) electrons. The van der Waals surface area contributed by atoms with Crippen molar-refractivity contribution in [3.8, 4) is 0 Å². The van der Waals surface area contributed by atoms with E-state index in [1.54, 1.807) is 0 Å². The van der Waals surface area contributed by atoms with E-state index in [9.17, 15) is 4.79 Å². The minimum absolute atomic E-state index is 0. The SMILES string of the molecule is Cl.Cl.O=C1Cc2ccccc2N1Cc1ccc(CN2CCN(c3cccc4ccccc34)CC2)cc1. The van der Waals surface area contributed by atoms with Crippen molar-refractivity contribution in [3.63, 3.8) is 0 Å². The van der Waals surface area contributed by atoms with Crippen molar-refractivity contribution in [2.45, 2.75) is 19.5 Å². The molecule has 6 heteroatoms. The van der Waals surface area contributed by atoms with Gasteiger partial charge in [0, 0.05) is 49.5 Å². The monoisotopic (exact) mass is 519 g/mol. The largest absolute Gasteiger partial charge is 0.368 e. The zero-order valence-electron chi connectivity index (χ0n) is 20.2. The van der Waals surface area contributed by atoms with Gasteiger partial charge in [0.1, 0.15) is 0 Å². The molecule has 0 aliphatic carbocycles. The number of carbonyl (C=O) groups excluding carboxylic acids is 1. The Hall–Kier alpha value is -3.05. The molecule has 2 aliphatic heterocycles. The van der Waals surface area contributed by atoms with Gasteiger partial charge in [0.2, 0.25) is 5.91 Å². The first-order valence-corrected chi connectivity index (χ1v) is 12.2. The number of carbonyl (C=O) groups is 1. The van der Waals surface area contributed by atoms with Crippen LogP contribution < -0.4 is 9.80 Å². The van der Waals surface area contributed by atoms with Gasteiger partial charge in [-0.1, -0.05) is 78.9 Å². The van der Waals surface area contributed by atoms with Crippen molar-refractivity contribution in [1.29, 1.82) is 0 Å². The van der Waals surface area contributed by atoms with E-state index in [1.807, 2.05) is 23.1 Å². The first-order valence-electron chi connectivity index (χ1n) is 12.2. The molecule has 186 valence electrons. The maximum atomic E-state index is 12.5. The van der Waals surface area contributed by atoms with Gasteiger partial charge in [0.15, 0.2) is 0 Å². The molecule has 2 heterocycles. The highest BCUT2D eigenvalue weighted by Crippen LogP contribution is 2.30. The van der Waals surface area contributed by atoms with Gasteiger partial charge in [0.25, 0.3) is 0 Å². The third-order valence-corrected chi connectivity index (χ3v) is 7.17. The fourth-order valence-corrected chi connectivity index (χ4v) is 5.31. The lowest BCUT2D eigenvalue weighted by atomic mass is 10.1. The number of hydrogen-bond acceptors (Lipinski definition) is 3. The lowest BCUT2D eigenvalue weighted by Gasteiger charge is -2.36. The molecule has 4 aromatic carbocycles. The number of piperazine rings is 1. The zero-order valence-corrected chi connectivity index (χ0v) is 21.8. The van der Waals surface area contributed by atoms with Gasteiger partial charge in [-0.3, -0.25) is 9.69 Å². The fourth-order valence-electron chi connectivity index (χ4n) is 5.31. The average Bonchev–Trinajstić information content (AvgIpc) is 3.20.